The molecule has 0 unspecified atom stereocenters. The van der Waals surface area contributed by atoms with Crippen LogP contribution in [0.15, 0.2) is 36.2 Å². The third kappa shape index (κ3) is 3.68. The Morgan fingerprint density at radius 1 is 1.38 bits per heavy atom. The molecular weight excluding hydrogens is 204 g/mol. The Balaban J connectivity index is 2.61. The number of nitrogens with zero attached hydrogens (tertiary/aromatic N) is 1. The van der Waals surface area contributed by atoms with Crippen molar-refractivity contribution in [2.45, 2.75) is 0 Å². The maximum absolute atomic E-state index is 5.74. The molecule has 0 saturated heterocycles. The number of nitrogen functional groups attached to an aromatic ring is 1. The zero-order valence-electron chi connectivity index (χ0n) is 9.27. The van der Waals surface area contributed by atoms with Crippen LogP contribution in [0.1, 0.15) is 0 Å². The van der Waals surface area contributed by atoms with E-state index in [-0.39, 0.29) is 0 Å². The number of anilines is 2. The summed E-state index contributed by atoms with van der Waals surface area (Å²) in [5.74, 6) is 10.8. The van der Waals surface area contributed by atoms with E-state index in [1.807, 2.05) is 24.3 Å². The number of nitrogens with one attached hydrogen (secondary N) is 2. The standard InChI is InChI=1S/C10H18N6/c1-16(13)7-8(11)6-14-9-4-2-3-5-10(9)15-12/h2-5,7,14-15H,6,11-13H2,1H3/b8-7-. The lowest BCUT2D eigenvalue weighted by molar-refractivity contribution is 0.479. The van der Waals surface area contributed by atoms with Gasteiger partial charge in [0.15, 0.2) is 0 Å². The molecule has 0 radical (unpaired) electrons. The summed E-state index contributed by atoms with van der Waals surface area (Å²) in [6.07, 6.45) is 1.64. The van der Waals surface area contributed by atoms with E-state index < -0.39 is 0 Å². The number of rotatable bonds is 5. The fourth-order valence-electron chi connectivity index (χ4n) is 1.27. The van der Waals surface area contributed by atoms with Gasteiger partial charge in [-0.15, -0.1) is 0 Å². The maximum Gasteiger partial charge on any atom is 0.0718 e. The summed E-state index contributed by atoms with van der Waals surface area (Å²) in [7, 11) is 1.71. The van der Waals surface area contributed by atoms with Crippen LogP contribution in [0.2, 0.25) is 0 Å². The van der Waals surface area contributed by atoms with Crippen molar-refractivity contribution in [3.63, 3.8) is 0 Å². The molecule has 8 N–H and O–H groups in total. The smallest absolute Gasteiger partial charge is 0.0718 e. The predicted molar refractivity (Wildman–Crippen MR) is 67.0 cm³/mol. The van der Waals surface area contributed by atoms with Gasteiger partial charge in [-0.2, -0.15) is 0 Å². The van der Waals surface area contributed by atoms with Gasteiger partial charge in [0.05, 0.1) is 17.9 Å². The van der Waals surface area contributed by atoms with Crippen molar-refractivity contribution >= 4 is 11.4 Å². The molecule has 0 aliphatic carbocycles. The minimum atomic E-state index is 0.500. The summed E-state index contributed by atoms with van der Waals surface area (Å²) in [5, 5.41) is 4.56. The second kappa shape index (κ2) is 5.84. The average molecular weight is 222 g/mol. The number of hydrazine groups is 2. The largest absolute Gasteiger partial charge is 0.399 e. The molecule has 6 heteroatoms. The number of hydrogen-bond acceptors (Lipinski definition) is 6. The van der Waals surface area contributed by atoms with Crippen molar-refractivity contribution < 1.29 is 0 Å². The molecule has 0 fully saturated rings. The van der Waals surface area contributed by atoms with Gasteiger partial charge in [0.2, 0.25) is 0 Å². The number of benzene rings is 1. The van der Waals surface area contributed by atoms with E-state index in [0.717, 1.165) is 11.4 Å². The van der Waals surface area contributed by atoms with Crippen molar-refractivity contribution in [2.75, 3.05) is 24.3 Å². The van der Waals surface area contributed by atoms with Gasteiger partial charge in [-0.05, 0) is 12.1 Å². The van der Waals surface area contributed by atoms with E-state index in [0.29, 0.717) is 12.2 Å². The Kier molecular flexibility index (Phi) is 4.43. The molecule has 0 saturated carbocycles. The summed E-state index contributed by atoms with van der Waals surface area (Å²) in [6.45, 7) is 0.500. The normalized spacial score (nSPS) is 11.1. The van der Waals surface area contributed by atoms with E-state index in [1.165, 1.54) is 5.01 Å². The van der Waals surface area contributed by atoms with Gasteiger partial charge in [-0.25, -0.2) is 5.84 Å². The fraction of sp³-hybridized carbons (Fsp3) is 0.200. The Bertz CT molecular complexity index is 360. The highest BCUT2D eigenvalue weighted by molar-refractivity contribution is 5.68. The van der Waals surface area contributed by atoms with Crippen LogP contribution >= 0.6 is 0 Å². The first-order chi connectivity index (χ1) is 7.63. The molecule has 0 aromatic heterocycles. The summed E-state index contributed by atoms with van der Waals surface area (Å²) < 4.78 is 0. The van der Waals surface area contributed by atoms with Gasteiger partial charge >= 0.3 is 0 Å². The topological polar surface area (TPSA) is 105 Å². The highest BCUT2D eigenvalue weighted by atomic mass is 15.4. The van der Waals surface area contributed by atoms with Crippen molar-refractivity contribution in [1.82, 2.24) is 5.01 Å². The van der Waals surface area contributed by atoms with Crippen molar-refractivity contribution in [2.24, 2.45) is 17.4 Å². The molecule has 0 heterocycles. The SMILES string of the molecule is CN(N)/C=C(\N)CNc1ccccc1NN. The fourth-order valence-corrected chi connectivity index (χ4v) is 1.27. The van der Waals surface area contributed by atoms with Gasteiger partial charge in [0.25, 0.3) is 0 Å². The van der Waals surface area contributed by atoms with Crippen LogP contribution < -0.4 is 28.2 Å². The van der Waals surface area contributed by atoms with Crippen LogP contribution in [0.5, 0.6) is 0 Å². The van der Waals surface area contributed by atoms with E-state index in [4.69, 9.17) is 17.4 Å². The zero-order valence-corrected chi connectivity index (χ0v) is 9.27. The van der Waals surface area contributed by atoms with E-state index in [9.17, 15) is 0 Å². The number of nitrogens with two attached hydrogens (primary N) is 3. The second-order valence-corrected chi connectivity index (χ2v) is 3.41. The average Bonchev–Trinajstić information content (AvgIpc) is 2.26. The maximum atomic E-state index is 5.74. The molecule has 16 heavy (non-hydrogen) atoms. The van der Waals surface area contributed by atoms with Crippen molar-refractivity contribution in [3.8, 4) is 0 Å². The lowest BCUT2D eigenvalue weighted by Gasteiger charge is -2.12. The quantitative estimate of drug-likeness (QED) is 0.354. The molecule has 0 aliphatic heterocycles. The molecule has 88 valence electrons. The highest BCUT2D eigenvalue weighted by Crippen LogP contribution is 2.19. The monoisotopic (exact) mass is 222 g/mol. The summed E-state index contributed by atoms with van der Waals surface area (Å²) in [6, 6.07) is 7.59. The second-order valence-electron chi connectivity index (χ2n) is 3.41. The lowest BCUT2D eigenvalue weighted by atomic mass is 10.2. The molecule has 0 amide bonds. The van der Waals surface area contributed by atoms with Gasteiger partial charge in [-0.3, -0.25) is 5.84 Å². The summed E-state index contributed by atoms with van der Waals surface area (Å²) in [5.41, 5.74) is 10.7. The lowest BCUT2D eigenvalue weighted by Crippen LogP contribution is -2.23. The molecular formula is C10H18N6. The molecule has 1 rings (SSSR count). The summed E-state index contributed by atoms with van der Waals surface area (Å²) in [4.78, 5) is 0. The van der Waals surface area contributed by atoms with Gasteiger partial charge in [0, 0.05) is 18.9 Å². The van der Waals surface area contributed by atoms with Crippen LogP contribution in [0.4, 0.5) is 11.4 Å². The number of hydrogen-bond donors (Lipinski definition) is 5. The molecule has 6 nitrogen and oxygen atoms in total. The third-order valence-corrected chi connectivity index (χ3v) is 1.93. The summed E-state index contributed by atoms with van der Waals surface area (Å²) >= 11 is 0. The zero-order chi connectivity index (χ0) is 12.0. The molecule has 0 atom stereocenters. The third-order valence-electron chi connectivity index (χ3n) is 1.93. The Morgan fingerprint density at radius 2 is 2.00 bits per heavy atom. The first-order valence-corrected chi connectivity index (χ1v) is 4.86. The van der Waals surface area contributed by atoms with Crippen molar-refractivity contribution in [1.29, 1.82) is 0 Å². The Labute approximate surface area is 95.0 Å². The van der Waals surface area contributed by atoms with Gasteiger partial charge in [-0.1, -0.05) is 12.1 Å². The van der Waals surface area contributed by atoms with Crippen LogP contribution in [0.25, 0.3) is 0 Å². The molecule has 1 aromatic carbocycles. The van der Waals surface area contributed by atoms with Crippen LogP contribution in [0, 0.1) is 0 Å². The van der Waals surface area contributed by atoms with E-state index in [1.54, 1.807) is 13.2 Å². The molecule has 0 bridgehead atoms. The Hall–Kier alpha value is -1.92. The Morgan fingerprint density at radius 3 is 2.56 bits per heavy atom. The van der Waals surface area contributed by atoms with Gasteiger partial charge < -0.3 is 21.5 Å². The van der Waals surface area contributed by atoms with Crippen molar-refractivity contribution in [3.05, 3.63) is 36.2 Å². The van der Waals surface area contributed by atoms with Crippen LogP contribution in [-0.2, 0) is 0 Å². The van der Waals surface area contributed by atoms with Crippen LogP contribution in [0.3, 0.4) is 0 Å². The molecule has 1 aromatic rings. The number of para-hydroxylation sites is 2. The minimum absolute atomic E-state index is 0.500. The highest BCUT2D eigenvalue weighted by Gasteiger charge is 1.99. The predicted octanol–water partition coefficient (Wildman–Crippen LogP) is -0.0103. The van der Waals surface area contributed by atoms with E-state index >= 15 is 0 Å². The van der Waals surface area contributed by atoms with Crippen LogP contribution in [-0.4, -0.2) is 18.6 Å². The molecule has 0 spiro atoms. The molecule has 0 aliphatic rings. The van der Waals surface area contributed by atoms with Gasteiger partial charge in [0.1, 0.15) is 0 Å². The first-order valence-electron chi connectivity index (χ1n) is 4.86. The van der Waals surface area contributed by atoms with E-state index in [2.05, 4.69) is 10.7 Å². The first kappa shape index (κ1) is 12.2. The minimum Gasteiger partial charge on any atom is -0.399 e.